The summed E-state index contributed by atoms with van der Waals surface area (Å²) in [5.74, 6) is 2.50. The number of phenolic OH excluding ortho intramolecular Hbond substituents is 2. The number of hydrogen-bond acceptors (Lipinski definition) is 7. The van der Waals surface area contributed by atoms with Gasteiger partial charge >= 0.3 is 0 Å². The van der Waals surface area contributed by atoms with Crippen molar-refractivity contribution in [3.05, 3.63) is 58.7 Å². The van der Waals surface area contributed by atoms with Crippen molar-refractivity contribution in [2.45, 2.75) is 83.8 Å². The predicted octanol–water partition coefficient (Wildman–Crippen LogP) is 7.46. The van der Waals surface area contributed by atoms with Crippen molar-refractivity contribution in [1.29, 1.82) is 0 Å². The van der Waals surface area contributed by atoms with Gasteiger partial charge in [0.1, 0.15) is 23.4 Å². The van der Waals surface area contributed by atoms with E-state index in [1.807, 2.05) is 18.2 Å². The molecule has 1 heterocycles. The predicted molar refractivity (Wildman–Crippen MR) is 163 cm³/mol. The topological polar surface area (TPSA) is 97.6 Å². The van der Waals surface area contributed by atoms with E-state index in [9.17, 15) is 15.3 Å². The second kappa shape index (κ2) is 12.7. The molecule has 0 radical (unpaired) electrons. The molecule has 2 aliphatic rings. The molecule has 0 saturated carbocycles. The fourth-order valence-electron chi connectivity index (χ4n) is 6.43. The van der Waals surface area contributed by atoms with Crippen molar-refractivity contribution in [1.82, 2.24) is 0 Å². The maximum absolute atomic E-state index is 12.0. The molecule has 0 unspecified atom stereocenters. The van der Waals surface area contributed by atoms with Crippen LogP contribution in [0, 0.1) is 5.92 Å². The normalized spacial score (nSPS) is 19.0. The van der Waals surface area contributed by atoms with Gasteiger partial charge in [-0.3, -0.25) is 0 Å². The number of ether oxygens (including phenoxy) is 4. The lowest BCUT2D eigenvalue weighted by Gasteiger charge is -2.40. The molecule has 0 spiro atoms. The van der Waals surface area contributed by atoms with E-state index in [0.717, 1.165) is 72.8 Å². The Morgan fingerprint density at radius 1 is 0.952 bits per heavy atom. The number of benzene rings is 3. The Morgan fingerprint density at radius 2 is 1.71 bits per heavy atom. The molecule has 1 aliphatic carbocycles. The quantitative estimate of drug-likeness (QED) is 0.204. The van der Waals surface area contributed by atoms with Gasteiger partial charge in [-0.2, -0.15) is 0 Å². The highest BCUT2D eigenvalue weighted by molar-refractivity contribution is 5.82. The summed E-state index contributed by atoms with van der Waals surface area (Å²) in [5.41, 5.74) is 6.01. The molecule has 3 atom stereocenters. The van der Waals surface area contributed by atoms with Crippen LogP contribution in [0.5, 0.6) is 34.5 Å². The van der Waals surface area contributed by atoms with E-state index in [2.05, 4.69) is 20.8 Å². The van der Waals surface area contributed by atoms with Gasteiger partial charge in [0, 0.05) is 28.7 Å². The lowest BCUT2D eigenvalue weighted by molar-refractivity contribution is -0.00354. The SMILES string of the molecule is CCCCC[C@H]1c2c(cc(OC)c3c2CCc2cc(O)ccc2-3)O[C@@H](c2cc(OC)c(O)c(OCCC(C)C)c2)[C@@H]1O. The van der Waals surface area contributed by atoms with E-state index in [1.165, 1.54) is 7.11 Å². The molecule has 0 amide bonds. The van der Waals surface area contributed by atoms with Gasteiger partial charge in [0.15, 0.2) is 17.6 Å². The minimum atomic E-state index is -0.828. The Kier molecular flexibility index (Phi) is 9.07. The molecule has 3 aromatic carbocycles. The third-order valence-electron chi connectivity index (χ3n) is 8.65. The maximum Gasteiger partial charge on any atom is 0.200 e. The van der Waals surface area contributed by atoms with Crippen LogP contribution in [0.3, 0.4) is 0 Å². The molecule has 226 valence electrons. The molecule has 42 heavy (non-hydrogen) atoms. The first-order chi connectivity index (χ1) is 20.3. The van der Waals surface area contributed by atoms with Crippen LogP contribution in [0.25, 0.3) is 11.1 Å². The zero-order chi connectivity index (χ0) is 30.0. The van der Waals surface area contributed by atoms with Gasteiger partial charge < -0.3 is 34.3 Å². The van der Waals surface area contributed by atoms with E-state index >= 15 is 0 Å². The molecule has 0 saturated heterocycles. The lowest BCUT2D eigenvalue weighted by atomic mass is 9.74. The van der Waals surface area contributed by atoms with Crippen molar-refractivity contribution < 1.29 is 34.3 Å². The Morgan fingerprint density at radius 3 is 2.43 bits per heavy atom. The highest BCUT2D eigenvalue weighted by Crippen LogP contribution is 2.54. The van der Waals surface area contributed by atoms with Gasteiger partial charge in [0.05, 0.1) is 20.8 Å². The van der Waals surface area contributed by atoms with Crippen molar-refractivity contribution in [2.24, 2.45) is 5.92 Å². The molecule has 7 heteroatoms. The van der Waals surface area contributed by atoms with E-state index in [0.29, 0.717) is 35.3 Å². The fourth-order valence-corrected chi connectivity index (χ4v) is 6.43. The van der Waals surface area contributed by atoms with E-state index in [1.54, 1.807) is 25.3 Å². The van der Waals surface area contributed by atoms with Gasteiger partial charge in [0.2, 0.25) is 5.75 Å². The zero-order valence-electron chi connectivity index (χ0n) is 25.4. The van der Waals surface area contributed by atoms with Gasteiger partial charge in [0.25, 0.3) is 0 Å². The van der Waals surface area contributed by atoms with Crippen LogP contribution in [0.2, 0.25) is 0 Å². The number of fused-ring (bicyclic) bond motifs is 5. The van der Waals surface area contributed by atoms with Gasteiger partial charge in [-0.05, 0) is 72.6 Å². The maximum atomic E-state index is 12.0. The fraction of sp³-hybridized carbons (Fsp3) is 0.486. The van der Waals surface area contributed by atoms with Crippen LogP contribution in [-0.4, -0.2) is 42.3 Å². The molecule has 3 N–H and O–H groups in total. The molecule has 5 rings (SSSR count). The monoisotopic (exact) mass is 576 g/mol. The average Bonchev–Trinajstić information content (AvgIpc) is 2.97. The number of aliphatic hydroxyl groups excluding tert-OH is 1. The molecule has 1 aliphatic heterocycles. The smallest absolute Gasteiger partial charge is 0.200 e. The molecule has 0 fully saturated rings. The second-order valence-electron chi connectivity index (χ2n) is 11.9. The van der Waals surface area contributed by atoms with Gasteiger partial charge in [-0.15, -0.1) is 0 Å². The number of phenols is 2. The highest BCUT2D eigenvalue weighted by atomic mass is 16.5. The summed E-state index contributed by atoms with van der Waals surface area (Å²) >= 11 is 0. The third kappa shape index (κ3) is 5.71. The minimum Gasteiger partial charge on any atom is -0.508 e. The third-order valence-corrected chi connectivity index (χ3v) is 8.65. The van der Waals surface area contributed by atoms with Crippen LogP contribution in [0.1, 0.15) is 87.2 Å². The number of aryl methyl sites for hydroxylation is 1. The summed E-state index contributed by atoms with van der Waals surface area (Å²) < 4.78 is 24.1. The number of aliphatic hydroxyl groups is 1. The Balaban J connectivity index is 1.61. The summed E-state index contributed by atoms with van der Waals surface area (Å²) in [6.07, 6.45) is 4.82. The molecule has 3 aromatic rings. The first-order valence-corrected chi connectivity index (χ1v) is 15.2. The van der Waals surface area contributed by atoms with Crippen molar-refractivity contribution >= 4 is 0 Å². The van der Waals surface area contributed by atoms with Crippen molar-refractivity contribution in [2.75, 3.05) is 20.8 Å². The number of hydrogen-bond donors (Lipinski definition) is 3. The van der Waals surface area contributed by atoms with Crippen LogP contribution >= 0.6 is 0 Å². The molecule has 0 aromatic heterocycles. The molecular formula is C35H44O7. The molecular weight excluding hydrogens is 532 g/mol. The Labute approximate surface area is 249 Å². The van der Waals surface area contributed by atoms with Gasteiger partial charge in [-0.1, -0.05) is 46.1 Å². The molecule has 0 bridgehead atoms. The van der Waals surface area contributed by atoms with Crippen LogP contribution in [0.15, 0.2) is 36.4 Å². The van der Waals surface area contributed by atoms with Crippen LogP contribution in [0.4, 0.5) is 0 Å². The summed E-state index contributed by atoms with van der Waals surface area (Å²) in [7, 11) is 3.17. The zero-order valence-corrected chi connectivity index (χ0v) is 25.4. The van der Waals surface area contributed by atoms with E-state index < -0.39 is 12.2 Å². The standard InChI is InChI=1S/C35H44O7/c1-6-7-8-9-26-32-25-12-10-21-16-23(36)11-13-24(21)31(25)27(39-4)19-28(32)42-35(33(26)37)22-17-29(40-5)34(38)30(18-22)41-15-14-20(2)3/h11,13,16-20,26,33,35-38H,6-10,12,14-15H2,1-5H3/t26-,33+,35-/m0/s1. The first-order valence-electron chi connectivity index (χ1n) is 15.2. The number of unbranched alkanes of at least 4 members (excludes halogenated alkanes) is 2. The Bertz CT molecular complexity index is 1410. The average molecular weight is 577 g/mol. The van der Waals surface area contributed by atoms with Crippen LogP contribution in [-0.2, 0) is 12.8 Å². The number of methoxy groups -OCH3 is 2. The first kappa shape index (κ1) is 29.9. The minimum absolute atomic E-state index is 0.0596. The van der Waals surface area contributed by atoms with Crippen molar-refractivity contribution in [3.8, 4) is 45.6 Å². The van der Waals surface area contributed by atoms with E-state index in [4.69, 9.17) is 18.9 Å². The summed E-state index contributed by atoms with van der Waals surface area (Å²) in [5, 5.41) is 33.0. The van der Waals surface area contributed by atoms with Crippen molar-refractivity contribution in [3.63, 3.8) is 0 Å². The summed E-state index contributed by atoms with van der Waals surface area (Å²) in [6, 6.07) is 10.9. The summed E-state index contributed by atoms with van der Waals surface area (Å²) in [4.78, 5) is 0. The largest absolute Gasteiger partial charge is 0.508 e. The number of rotatable bonds is 11. The number of aromatic hydroxyl groups is 2. The summed E-state index contributed by atoms with van der Waals surface area (Å²) in [6.45, 7) is 6.88. The van der Waals surface area contributed by atoms with Gasteiger partial charge in [-0.25, -0.2) is 0 Å². The van der Waals surface area contributed by atoms with E-state index in [-0.39, 0.29) is 23.2 Å². The molecule has 7 nitrogen and oxygen atoms in total. The second-order valence-corrected chi connectivity index (χ2v) is 11.9. The Hall–Kier alpha value is -3.58. The highest BCUT2D eigenvalue weighted by Gasteiger charge is 2.42. The van der Waals surface area contributed by atoms with Crippen LogP contribution < -0.4 is 18.9 Å². The lowest BCUT2D eigenvalue weighted by Crippen LogP contribution is -2.35.